The molecule has 1 N–H and O–H groups in total. The van der Waals surface area contributed by atoms with Crippen molar-refractivity contribution in [3.8, 4) is 11.6 Å². The second kappa shape index (κ2) is 10.4. The van der Waals surface area contributed by atoms with Gasteiger partial charge in [-0.15, -0.1) is 0 Å². The van der Waals surface area contributed by atoms with Crippen molar-refractivity contribution in [1.29, 1.82) is 0 Å². The molecule has 1 aromatic heterocycles. The first-order valence-electron chi connectivity index (χ1n) is 10.5. The van der Waals surface area contributed by atoms with Crippen LogP contribution in [0.3, 0.4) is 0 Å². The van der Waals surface area contributed by atoms with Gasteiger partial charge in [-0.3, -0.25) is 4.79 Å². The van der Waals surface area contributed by atoms with Crippen LogP contribution in [0.25, 0.3) is 0 Å². The van der Waals surface area contributed by atoms with Crippen LogP contribution in [0.1, 0.15) is 63.9 Å². The number of methoxy groups -OCH3 is 1. The summed E-state index contributed by atoms with van der Waals surface area (Å²) in [5.74, 6) is -2.09. The molecule has 0 bridgehead atoms. The number of halogens is 3. The minimum absolute atomic E-state index is 0.0566. The lowest BCUT2D eigenvalue weighted by atomic mass is 10.1. The van der Waals surface area contributed by atoms with Gasteiger partial charge in [-0.25, -0.2) is 22.6 Å². The van der Waals surface area contributed by atoms with Gasteiger partial charge in [0.15, 0.2) is 0 Å². The monoisotopic (exact) mass is 475 g/mol. The maximum atomic E-state index is 13.9. The average Bonchev–Trinajstić information content (AvgIpc) is 3.14. The van der Waals surface area contributed by atoms with Crippen molar-refractivity contribution in [2.45, 2.75) is 32.7 Å². The van der Waals surface area contributed by atoms with Crippen molar-refractivity contribution in [3.63, 3.8) is 0 Å². The molecule has 0 aliphatic carbocycles. The van der Waals surface area contributed by atoms with Gasteiger partial charge in [0.25, 0.3) is 12.3 Å². The minimum atomic E-state index is -3.04. The third kappa shape index (κ3) is 5.38. The van der Waals surface area contributed by atoms with Crippen LogP contribution in [-0.4, -0.2) is 28.8 Å². The number of aromatic nitrogens is 2. The number of aryl methyl sites for hydroxylation is 2. The Morgan fingerprint density at radius 3 is 2.41 bits per heavy atom. The van der Waals surface area contributed by atoms with E-state index in [9.17, 15) is 22.8 Å². The van der Waals surface area contributed by atoms with E-state index < -0.39 is 41.4 Å². The van der Waals surface area contributed by atoms with Gasteiger partial charge in [-0.2, -0.15) is 5.10 Å². The standard InChI is InChI=1S/C24H24F3N3O4/c1-5-14-10-17(25)12-18(11-14)34-23-19(20(21(26)27)29-30(23)3)22(31)28-13(2)15-6-8-16(9-7-15)24(32)33-4/h6-13,21H,5H2,1-4H3,(H,28,31)/t13-/m0/s1. The molecule has 0 saturated carbocycles. The maximum Gasteiger partial charge on any atom is 0.337 e. The summed E-state index contributed by atoms with van der Waals surface area (Å²) in [5, 5.41) is 6.40. The fourth-order valence-electron chi connectivity index (χ4n) is 3.38. The lowest BCUT2D eigenvalue weighted by Gasteiger charge is -2.16. The number of hydrogen-bond donors (Lipinski definition) is 1. The summed E-state index contributed by atoms with van der Waals surface area (Å²) in [4.78, 5) is 24.7. The fourth-order valence-corrected chi connectivity index (χ4v) is 3.38. The number of benzene rings is 2. The lowest BCUT2D eigenvalue weighted by molar-refractivity contribution is 0.0600. The Morgan fingerprint density at radius 2 is 1.82 bits per heavy atom. The number of ether oxygens (including phenoxy) is 2. The van der Waals surface area contributed by atoms with E-state index in [0.29, 0.717) is 23.1 Å². The van der Waals surface area contributed by atoms with Crippen molar-refractivity contribution in [3.05, 3.63) is 76.2 Å². The van der Waals surface area contributed by atoms with Gasteiger partial charge in [0, 0.05) is 13.1 Å². The van der Waals surface area contributed by atoms with E-state index in [1.165, 1.54) is 32.4 Å². The van der Waals surface area contributed by atoms with Gasteiger partial charge >= 0.3 is 5.97 Å². The summed E-state index contributed by atoms with van der Waals surface area (Å²) >= 11 is 0. The molecule has 1 amide bonds. The van der Waals surface area contributed by atoms with Crippen molar-refractivity contribution >= 4 is 11.9 Å². The molecule has 0 aliphatic rings. The first-order valence-corrected chi connectivity index (χ1v) is 10.5. The maximum absolute atomic E-state index is 13.9. The molecule has 0 spiro atoms. The molecule has 0 aliphatic heterocycles. The summed E-state index contributed by atoms with van der Waals surface area (Å²) in [6.45, 7) is 3.49. The Morgan fingerprint density at radius 1 is 1.15 bits per heavy atom. The highest BCUT2D eigenvalue weighted by Crippen LogP contribution is 2.33. The van der Waals surface area contributed by atoms with Crippen LogP contribution in [0.4, 0.5) is 13.2 Å². The largest absolute Gasteiger partial charge is 0.465 e. The van der Waals surface area contributed by atoms with Gasteiger partial charge in [0.05, 0.1) is 18.7 Å². The molecule has 3 rings (SSSR count). The quantitative estimate of drug-likeness (QED) is 0.457. The van der Waals surface area contributed by atoms with E-state index in [-0.39, 0.29) is 11.6 Å². The Kier molecular flexibility index (Phi) is 7.60. The third-order valence-corrected chi connectivity index (χ3v) is 5.19. The van der Waals surface area contributed by atoms with Crippen LogP contribution < -0.4 is 10.1 Å². The van der Waals surface area contributed by atoms with Gasteiger partial charge in [0.2, 0.25) is 5.88 Å². The number of esters is 1. The van der Waals surface area contributed by atoms with Gasteiger partial charge in [-0.1, -0.05) is 19.1 Å². The molecule has 180 valence electrons. The molecule has 1 heterocycles. The Balaban J connectivity index is 1.91. The second-order valence-corrected chi connectivity index (χ2v) is 7.55. The first-order chi connectivity index (χ1) is 16.1. The van der Waals surface area contributed by atoms with Crippen LogP contribution in [-0.2, 0) is 18.2 Å². The highest BCUT2D eigenvalue weighted by molar-refractivity contribution is 5.98. The van der Waals surface area contributed by atoms with Crippen LogP contribution in [0.5, 0.6) is 11.6 Å². The molecule has 0 fully saturated rings. The van der Waals surface area contributed by atoms with E-state index in [0.717, 1.165) is 10.7 Å². The second-order valence-electron chi connectivity index (χ2n) is 7.55. The molecular formula is C24H24F3N3O4. The van der Waals surface area contributed by atoms with E-state index >= 15 is 0 Å². The number of carbonyl (C=O) groups is 2. The average molecular weight is 475 g/mol. The van der Waals surface area contributed by atoms with Crippen LogP contribution >= 0.6 is 0 Å². The van der Waals surface area contributed by atoms with Gasteiger partial charge in [0.1, 0.15) is 22.8 Å². The van der Waals surface area contributed by atoms with Gasteiger partial charge < -0.3 is 14.8 Å². The summed E-state index contributed by atoms with van der Waals surface area (Å²) in [6, 6.07) is 9.69. The van der Waals surface area contributed by atoms with Crippen LogP contribution in [0.15, 0.2) is 42.5 Å². The third-order valence-electron chi connectivity index (χ3n) is 5.19. The first kappa shape index (κ1) is 24.8. The van der Waals surface area contributed by atoms with Crippen molar-refractivity contribution in [1.82, 2.24) is 15.1 Å². The normalized spacial score (nSPS) is 11.9. The van der Waals surface area contributed by atoms with Crippen LogP contribution in [0.2, 0.25) is 0 Å². The molecule has 0 radical (unpaired) electrons. The fraction of sp³-hybridized carbons (Fsp3) is 0.292. The summed E-state index contributed by atoms with van der Waals surface area (Å²) < 4.78 is 52.7. The Bertz CT molecular complexity index is 1190. The van der Waals surface area contributed by atoms with Crippen molar-refractivity contribution in [2.24, 2.45) is 7.05 Å². The molecule has 0 saturated heterocycles. The molecular weight excluding hydrogens is 451 g/mol. The Hall–Kier alpha value is -3.82. The number of carbonyl (C=O) groups excluding carboxylic acids is 2. The zero-order chi connectivity index (χ0) is 25.0. The molecule has 2 aromatic carbocycles. The highest BCUT2D eigenvalue weighted by Gasteiger charge is 2.30. The summed E-state index contributed by atoms with van der Waals surface area (Å²) in [7, 11) is 2.62. The Labute approximate surface area is 194 Å². The van der Waals surface area contributed by atoms with E-state index in [2.05, 4.69) is 15.2 Å². The van der Waals surface area contributed by atoms with E-state index in [4.69, 9.17) is 4.74 Å². The van der Waals surface area contributed by atoms with E-state index in [1.807, 2.05) is 6.92 Å². The number of amides is 1. The molecule has 7 nitrogen and oxygen atoms in total. The SMILES string of the molecule is CCc1cc(F)cc(Oc2c(C(=O)N[C@@H](C)c3ccc(C(=O)OC)cc3)c(C(F)F)nn2C)c1. The van der Waals surface area contributed by atoms with Crippen LogP contribution in [0, 0.1) is 5.82 Å². The predicted molar refractivity (Wildman–Crippen MR) is 118 cm³/mol. The topological polar surface area (TPSA) is 82.4 Å². The predicted octanol–water partition coefficient (Wildman–Crippen LogP) is 5.13. The molecule has 1 atom stereocenters. The van der Waals surface area contributed by atoms with Gasteiger partial charge in [-0.05, 0) is 48.7 Å². The number of nitrogens with zero attached hydrogens (tertiary/aromatic N) is 2. The van der Waals surface area contributed by atoms with E-state index in [1.54, 1.807) is 25.1 Å². The summed E-state index contributed by atoms with van der Waals surface area (Å²) in [5.41, 5.74) is 0.396. The number of nitrogens with one attached hydrogen (secondary N) is 1. The zero-order valence-corrected chi connectivity index (χ0v) is 19.1. The summed E-state index contributed by atoms with van der Waals surface area (Å²) in [6.07, 6.45) is -2.51. The zero-order valence-electron chi connectivity index (χ0n) is 19.1. The lowest BCUT2D eigenvalue weighted by Crippen LogP contribution is -2.27. The minimum Gasteiger partial charge on any atom is -0.465 e. The highest BCUT2D eigenvalue weighted by atomic mass is 19.3. The molecule has 10 heteroatoms. The number of alkyl halides is 2. The van der Waals surface area contributed by atoms with Crippen molar-refractivity contribution in [2.75, 3.05) is 7.11 Å². The molecule has 3 aromatic rings. The number of rotatable bonds is 8. The number of hydrogen-bond acceptors (Lipinski definition) is 5. The smallest absolute Gasteiger partial charge is 0.337 e. The molecule has 0 unspecified atom stereocenters. The van der Waals surface area contributed by atoms with Crippen molar-refractivity contribution < 1.29 is 32.2 Å². The molecule has 34 heavy (non-hydrogen) atoms.